The number of unbranched alkanes of at least 4 members (excludes halogenated alkanes) is 1. The average molecular weight is 579 g/mol. The van der Waals surface area contributed by atoms with E-state index in [4.69, 9.17) is 5.73 Å². The zero-order valence-corrected chi connectivity index (χ0v) is 22.8. The molecule has 1 saturated heterocycles. The molecule has 2 unspecified atom stereocenters. The molecule has 1 heterocycles. The van der Waals surface area contributed by atoms with E-state index in [2.05, 4.69) is 26.2 Å². The second-order valence-electron chi connectivity index (χ2n) is 8.24. The van der Waals surface area contributed by atoms with Crippen LogP contribution in [0.3, 0.4) is 0 Å². The maximum absolute atomic E-state index is 13.0. The van der Waals surface area contributed by atoms with Crippen molar-refractivity contribution in [3.05, 3.63) is 89.7 Å². The van der Waals surface area contributed by atoms with Gasteiger partial charge in [0.05, 0.1) is 10.0 Å². The summed E-state index contributed by atoms with van der Waals surface area (Å²) in [4.78, 5) is 2.44. The Balaban J connectivity index is 0.00000177. The van der Waals surface area contributed by atoms with Crippen LogP contribution in [-0.4, -0.2) is 38.7 Å². The summed E-state index contributed by atoms with van der Waals surface area (Å²) in [5.41, 5.74) is 10.3. The summed E-state index contributed by atoms with van der Waals surface area (Å²) in [6.07, 6.45) is 4.18. The maximum atomic E-state index is 13.0. The zero-order valence-electron chi connectivity index (χ0n) is 19.5. The van der Waals surface area contributed by atoms with Gasteiger partial charge in [0.1, 0.15) is 0 Å². The number of nitrogens with zero attached hydrogens (tertiary/aromatic N) is 2. The molecule has 1 aliphatic heterocycles. The Morgan fingerprint density at radius 2 is 1.55 bits per heavy atom. The number of sulfonamides is 1. The SMILES string of the molecule is CCCCN1CCC(CS(=O)(=O)[N-]C(c2ccccc2)C([NH-])c2ccccc2)CC1.[CH3-].[Cl][Ru+3]. The minimum atomic E-state index is -3.63. The Labute approximate surface area is 215 Å². The predicted octanol–water partition coefficient (Wildman–Crippen LogP) is 6.87. The minimum absolute atomic E-state index is 0. The van der Waals surface area contributed by atoms with Gasteiger partial charge in [-0.1, -0.05) is 85.1 Å². The summed E-state index contributed by atoms with van der Waals surface area (Å²) in [6, 6.07) is 17.2. The summed E-state index contributed by atoms with van der Waals surface area (Å²) >= 11 is 1.82. The molecule has 0 aliphatic carbocycles. The quantitative estimate of drug-likeness (QED) is 0.228. The molecular formula is C25H36ClN3O2RuS. The van der Waals surface area contributed by atoms with E-state index in [0.717, 1.165) is 43.6 Å². The van der Waals surface area contributed by atoms with Crippen molar-refractivity contribution in [2.75, 3.05) is 25.4 Å². The van der Waals surface area contributed by atoms with Crippen molar-refractivity contribution in [1.82, 2.24) is 4.90 Å². The Hall–Kier alpha value is -0.817. The van der Waals surface area contributed by atoms with Crippen LogP contribution in [0.5, 0.6) is 0 Å². The molecule has 0 saturated carbocycles. The fourth-order valence-corrected chi connectivity index (χ4v) is 5.68. The number of benzene rings is 2. The van der Waals surface area contributed by atoms with Gasteiger partial charge in [-0.3, -0.25) is 0 Å². The second-order valence-corrected chi connectivity index (χ2v) is 9.94. The Bertz CT molecular complexity index is 864. The predicted molar refractivity (Wildman–Crippen MR) is 136 cm³/mol. The first-order valence-corrected chi connectivity index (χ1v) is 14.9. The van der Waals surface area contributed by atoms with Crippen LogP contribution in [0.2, 0.25) is 0 Å². The number of rotatable bonds is 10. The molecule has 2 atom stereocenters. The molecule has 33 heavy (non-hydrogen) atoms. The van der Waals surface area contributed by atoms with Crippen molar-refractivity contribution in [3.8, 4) is 0 Å². The molecule has 0 amide bonds. The topological polar surface area (TPSA) is 75.3 Å². The van der Waals surface area contributed by atoms with Crippen molar-refractivity contribution < 1.29 is 25.7 Å². The molecule has 0 bridgehead atoms. The van der Waals surface area contributed by atoms with E-state index in [-0.39, 0.29) is 19.1 Å². The Kier molecular flexibility index (Phi) is 14.6. The molecule has 5 nitrogen and oxygen atoms in total. The van der Waals surface area contributed by atoms with Crippen LogP contribution in [0.15, 0.2) is 60.7 Å². The number of nitrogens with one attached hydrogen (secondary N) is 1. The van der Waals surface area contributed by atoms with E-state index in [9.17, 15) is 8.42 Å². The molecule has 0 spiro atoms. The third-order valence-electron chi connectivity index (χ3n) is 5.87. The molecular weight excluding hydrogens is 543 g/mol. The zero-order chi connectivity index (χ0) is 23.4. The van der Waals surface area contributed by atoms with E-state index in [1.165, 1.54) is 12.8 Å². The molecule has 3 rings (SSSR count). The second kappa shape index (κ2) is 16.0. The standard InChI is InChI=1S/C24H33N3O2S.CH3.ClH.Ru/c1-2-3-16-27-17-14-20(15-18-27)19-30(28,29)26-24(22-12-8-5-9-13-22)23(25)21-10-6-4-7-11-21;;;/h4-13,20,23-25H,2-3,14-19H2,1H3;1H3;1H;/q-2;-1;;+4/p-1. The molecule has 0 radical (unpaired) electrons. The van der Waals surface area contributed by atoms with Crippen molar-refractivity contribution in [1.29, 1.82) is 0 Å². The van der Waals surface area contributed by atoms with Gasteiger partial charge < -0.3 is 22.8 Å². The van der Waals surface area contributed by atoms with Crippen LogP contribution < -0.4 is 0 Å². The molecule has 0 aromatic heterocycles. The van der Waals surface area contributed by atoms with Crippen LogP contribution >= 0.6 is 9.69 Å². The molecule has 184 valence electrons. The van der Waals surface area contributed by atoms with Crippen molar-refractivity contribution in [2.24, 2.45) is 5.92 Å². The fraction of sp³-hybridized carbons (Fsp3) is 0.480. The first-order valence-electron chi connectivity index (χ1n) is 11.1. The third kappa shape index (κ3) is 10.1. The van der Waals surface area contributed by atoms with E-state index in [1.807, 2.05) is 78.0 Å². The number of halogens is 1. The number of hydrogen-bond donors (Lipinski definition) is 0. The summed E-state index contributed by atoms with van der Waals surface area (Å²) < 4.78 is 30.3. The molecule has 2 aromatic rings. The van der Waals surface area contributed by atoms with Gasteiger partial charge in [0.25, 0.3) is 0 Å². The molecule has 1 aliphatic rings. The van der Waals surface area contributed by atoms with Gasteiger partial charge >= 0.3 is 27.0 Å². The normalized spacial score (nSPS) is 16.7. The van der Waals surface area contributed by atoms with Crippen molar-refractivity contribution >= 4 is 19.7 Å². The van der Waals surface area contributed by atoms with Crippen molar-refractivity contribution in [2.45, 2.75) is 44.7 Å². The van der Waals surface area contributed by atoms with Crippen LogP contribution in [-0.2, 0) is 27.3 Å². The van der Waals surface area contributed by atoms with Gasteiger partial charge in [-0.25, -0.2) is 8.42 Å². The molecule has 8 heteroatoms. The van der Waals surface area contributed by atoms with E-state index >= 15 is 0 Å². The summed E-state index contributed by atoms with van der Waals surface area (Å²) in [5, 5.41) is 0. The summed E-state index contributed by atoms with van der Waals surface area (Å²) in [7, 11) is 0.939. The number of piperidine rings is 1. The summed E-state index contributed by atoms with van der Waals surface area (Å²) in [5.74, 6) is 0.230. The third-order valence-corrected chi connectivity index (χ3v) is 7.31. The van der Waals surface area contributed by atoms with Crippen LogP contribution in [0.4, 0.5) is 0 Å². The number of likely N-dealkylation sites (tertiary alicyclic amines) is 1. The van der Waals surface area contributed by atoms with E-state index in [1.54, 1.807) is 0 Å². The first-order chi connectivity index (χ1) is 15.5. The van der Waals surface area contributed by atoms with Gasteiger partial charge in [-0.05, 0) is 44.8 Å². The molecule has 2 aromatic carbocycles. The van der Waals surface area contributed by atoms with Crippen LogP contribution in [0, 0.1) is 13.3 Å². The van der Waals surface area contributed by atoms with Crippen LogP contribution in [0.1, 0.15) is 55.8 Å². The summed E-state index contributed by atoms with van der Waals surface area (Å²) in [6.45, 7) is 5.23. The average Bonchev–Trinajstić information content (AvgIpc) is 2.84. The molecule has 1 N–H and O–H groups in total. The van der Waals surface area contributed by atoms with E-state index in [0.29, 0.717) is 0 Å². The van der Waals surface area contributed by atoms with Gasteiger partial charge in [-0.2, -0.15) is 0 Å². The Morgan fingerprint density at radius 1 is 1.03 bits per heavy atom. The van der Waals surface area contributed by atoms with Gasteiger partial charge in [-0.15, -0.1) is 12.1 Å². The van der Waals surface area contributed by atoms with Crippen molar-refractivity contribution in [3.63, 3.8) is 0 Å². The van der Waals surface area contributed by atoms with Crippen LogP contribution in [0.25, 0.3) is 10.5 Å². The van der Waals surface area contributed by atoms with Gasteiger partial charge in [0, 0.05) is 5.75 Å². The molecule has 1 fully saturated rings. The van der Waals surface area contributed by atoms with Gasteiger partial charge in [0.15, 0.2) is 0 Å². The first kappa shape index (κ1) is 30.2. The van der Waals surface area contributed by atoms with Gasteiger partial charge in [0.2, 0.25) is 0 Å². The fourth-order valence-electron chi connectivity index (χ4n) is 4.08. The Morgan fingerprint density at radius 3 is 2.06 bits per heavy atom. The van der Waals surface area contributed by atoms with E-state index < -0.39 is 22.1 Å². The monoisotopic (exact) mass is 579 g/mol. The number of hydrogen-bond acceptors (Lipinski definition) is 3.